The van der Waals surface area contributed by atoms with Crippen LogP contribution in [-0.4, -0.2) is 66.3 Å². The standard InChI is InChI=1S/C28H43F2N3O4/c1-19(34)32-14-7-13-28(37,23-11-5-12-24(29)26(23)30)22-10-6-15-33(18-22)25(35)16-21(17-31-2)27(36)20-8-3-4-9-20/h5,11-12,20-22,27,31,36-37H,3-4,6-10,13-18H2,1-2H3,(H,32,34)/t21-,22-,27+,28+/m1/s1. The van der Waals surface area contributed by atoms with Crippen LogP contribution in [0.2, 0.25) is 0 Å². The molecule has 2 aliphatic rings. The number of hydrogen-bond donors (Lipinski definition) is 4. The number of amides is 2. The molecule has 1 heterocycles. The minimum atomic E-state index is -1.70. The summed E-state index contributed by atoms with van der Waals surface area (Å²) in [6.45, 7) is 2.97. The molecule has 9 heteroatoms. The van der Waals surface area contributed by atoms with Gasteiger partial charge in [-0.05, 0) is 57.6 Å². The summed E-state index contributed by atoms with van der Waals surface area (Å²) in [5, 5.41) is 28.6. The van der Waals surface area contributed by atoms with Crippen LogP contribution < -0.4 is 10.6 Å². The number of hydrogen-bond acceptors (Lipinski definition) is 5. The lowest BCUT2D eigenvalue weighted by Crippen LogP contribution is -2.49. The number of nitrogens with zero attached hydrogens (tertiary/aromatic N) is 1. The Labute approximate surface area is 219 Å². The van der Waals surface area contributed by atoms with Crippen LogP contribution in [-0.2, 0) is 15.2 Å². The maximum absolute atomic E-state index is 14.9. The number of halogens is 2. The van der Waals surface area contributed by atoms with Gasteiger partial charge in [-0.25, -0.2) is 8.78 Å². The van der Waals surface area contributed by atoms with Crippen molar-refractivity contribution in [2.75, 3.05) is 33.2 Å². The summed E-state index contributed by atoms with van der Waals surface area (Å²) in [7, 11) is 1.81. The lowest BCUT2D eigenvalue weighted by molar-refractivity contribution is -0.139. The van der Waals surface area contributed by atoms with Crippen molar-refractivity contribution in [3.8, 4) is 0 Å². The van der Waals surface area contributed by atoms with E-state index in [0.717, 1.165) is 31.7 Å². The Balaban J connectivity index is 1.76. The van der Waals surface area contributed by atoms with Crippen LogP contribution in [0.5, 0.6) is 0 Å². The summed E-state index contributed by atoms with van der Waals surface area (Å²) in [5.41, 5.74) is -1.81. The van der Waals surface area contributed by atoms with Gasteiger partial charge in [-0.1, -0.05) is 25.0 Å². The summed E-state index contributed by atoms with van der Waals surface area (Å²) in [4.78, 5) is 26.4. The molecule has 4 N–H and O–H groups in total. The first kappa shape index (κ1) is 29.5. The quantitative estimate of drug-likeness (QED) is 0.316. The van der Waals surface area contributed by atoms with Crippen molar-refractivity contribution in [1.82, 2.24) is 15.5 Å². The van der Waals surface area contributed by atoms with E-state index >= 15 is 0 Å². The average molecular weight is 524 g/mol. The van der Waals surface area contributed by atoms with Crippen LogP contribution in [0.4, 0.5) is 8.78 Å². The molecule has 208 valence electrons. The molecular weight excluding hydrogens is 480 g/mol. The van der Waals surface area contributed by atoms with E-state index in [1.54, 1.807) is 4.90 Å². The highest BCUT2D eigenvalue weighted by Crippen LogP contribution is 2.41. The molecule has 1 aliphatic heterocycles. The minimum Gasteiger partial charge on any atom is -0.392 e. The molecule has 0 bridgehead atoms. The molecule has 4 atom stereocenters. The fourth-order valence-corrected chi connectivity index (χ4v) is 6.23. The molecule has 0 radical (unpaired) electrons. The number of likely N-dealkylation sites (tertiary alicyclic amines) is 1. The monoisotopic (exact) mass is 523 g/mol. The van der Waals surface area contributed by atoms with Crippen molar-refractivity contribution in [2.24, 2.45) is 17.8 Å². The minimum absolute atomic E-state index is 0.0951. The Bertz CT molecular complexity index is 911. The molecule has 1 aromatic carbocycles. The molecule has 0 aromatic heterocycles. The molecular formula is C28H43F2N3O4. The van der Waals surface area contributed by atoms with E-state index in [1.807, 2.05) is 7.05 Å². The first-order chi connectivity index (χ1) is 17.7. The third-order valence-electron chi connectivity index (χ3n) is 8.25. The fraction of sp³-hybridized carbons (Fsp3) is 0.714. The van der Waals surface area contributed by atoms with E-state index in [4.69, 9.17) is 0 Å². The van der Waals surface area contributed by atoms with Crippen molar-refractivity contribution < 1.29 is 28.6 Å². The van der Waals surface area contributed by atoms with Crippen molar-refractivity contribution >= 4 is 11.8 Å². The van der Waals surface area contributed by atoms with Crippen molar-refractivity contribution in [2.45, 2.75) is 76.4 Å². The predicted molar refractivity (Wildman–Crippen MR) is 137 cm³/mol. The van der Waals surface area contributed by atoms with E-state index in [-0.39, 0.29) is 48.6 Å². The van der Waals surface area contributed by atoms with E-state index in [0.29, 0.717) is 38.9 Å². The van der Waals surface area contributed by atoms with Gasteiger partial charge >= 0.3 is 0 Å². The number of nitrogens with one attached hydrogen (secondary N) is 2. The van der Waals surface area contributed by atoms with Crippen LogP contribution in [0.1, 0.15) is 70.3 Å². The van der Waals surface area contributed by atoms with Gasteiger partial charge in [0.1, 0.15) is 0 Å². The predicted octanol–water partition coefficient (Wildman–Crippen LogP) is 3.08. The molecule has 1 saturated heterocycles. The van der Waals surface area contributed by atoms with Crippen LogP contribution in [0, 0.1) is 29.4 Å². The first-order valence-corrected chi connectivity index (χ1v) is 13.7. The Morgan fingerprint density at radius 1 is 1.19 bits per heavy atom. The van der Waals surface area contributed by atoms with E-state index < -0.39 is 29.3 Å². The zero-order valence-corrected chi connectivity index (χ0v) is 22.1. The molecule has 7 nitrogen and oxygen atoms in total. The van der Waals surface area contributed by atoms with Gasteiger partial charge in [0, 0.05) is 56.9 Å². The maximum Gasteiger partial charge on any atom is 0.223 e. The van der Waals surface area contributed by atoms with Gasteiger partial charge in [0.2, 0.25) is 11.8 Å². The van der Waals surface area contributed by atoms with Gasteiger partial charge < -0.3 is 25.7 Å². The molecule has 2 amide bonds. The van der Waals surface area contributed by atoms with Gasteiger partial charge in [-0.2, -0.15) is 0 Å². The summed E-state index contributed by atoms with van der Waals surface area (Å²) < 4.78 is 29.1. The highest BCUT2D eigenvalue weighted by molar-refractivity contribution is 5.76. The molecule has 1 saturated carbocycles. The number of carbonyl (C=O) groups excluding carboxylic acids is 2. The summed E-state index contributed by atoms with van der Waals surface area (Å²) >= 11 is 0. The zero-order valence-electron chi connectivity index (χ0n) is 22.1. The Morgan fingerprint density at radius 3 is 2.59 bits per heavy atom. The normalized spacial score (nSPS) is 21.9. The number of benzene rings is 1. The van der Waals surface area contributed by atoms with Gasteiger partial charge in [0.05, 0.1) is 11.7 Å². The third-order valence-corrected chi connectivity index (χ3v) is 8.25. The Morgan fingerprint density at radius 2 is 1.92 bits per heavy atom. The van der Waals surface area contributed by atoms with Crippen LogP contribution >= 0.6 is 0 Å². The zero-order chi connectivity index (χ0) is 27.0. The number of rotatable bonds is 12. The van der Waals surface area contributed by atoms with Gasteiger partial charge in [-0.15, -0.1) is 0 Å². The fourth-order valence-electron chi connectivity index (χ4n) is 6.23. The smallest absolute Gasteiger partial charge is 0.223 e. The van der Waals surface area contributed by atoms with Gasteiger partial charge in [0.15, 0.2) is 11.6 Å². The molecule has 1 aliphatic carbocycles. The Hall–Kier alpha value is -2.10. The number of aliphatic hydroxyl groups excluding tert-OH is 1. The average Bonchev–Trinajstić information content (AvgIpc) is 3.42. The maximum atomic E-state index is 14.9. The van der Waals surface area contributed by atoms with E-state index in [1.165, 1.54) is 19.1 Å². The topological polar surface area (TPSA) is 102 Å². The summed E-state index contributed by atoms with van der Waals surface area (Å²) in [6.07, 6.45) is 5.48. The number of aliphatic hydroxyl groups is 2. The lowest BCUT2D eigenvalue weighted by atomic mass is 9.74. The van der Waals surface area contributed by atoms with E-state index in [2.05, 4.69) is 10.6 Å². The van der Waals surface area contributed by atoms with Gasteiger partial charge in [-0.3, -0.25) is 9.59 Å². The highest BCUT2D eigenvalue weighted by atomic mass is 19.2. The SMILES string of the molecule is CNC[C@@H](CC(=O)N1CCC[C@@H]([C@@](O)(CCCNC(C)=O)c2cccc(F)c2F)C1)[C@@H](O)C1CCCC1. The second kappa shape index (κ2) is 13.6. The van der Waals surface area contributed by atoms with Crippen LogP contribution in [0.3, 0.4) is 0 Å². The van der Waals surface area contributed by atoms with Crippen molar-refractivity contribution in [3.63, 3.8) is 0 Å². The van der Waals surface area contributed by atoms with Crippen molar-refractivity contribution in [1.29, 1.82) is 0 Å². The summed E-state index contributed by atoms with van der Waals surface area (Å²) in [5.74, 6) is -2.91. The van der Waals surface area contributed by atoms with E-state index in [9.17, 15) is 28.6 Å². The Kier molecular flexibility index (Phi) is 10.8. The molecule has 0 spiro atoms. The van der Waals surface area contributed by atoms with Crippen LogP contribution in [0.15, 0.2) is 18.2 Å². The summed E-state index contributed by atoms with van der Waals surface area (Å²) in [6, 6.07) is 3.80. The lowest BCUT2D eigenvalue weighted by Gasteiger charge is -2.43. The molecule has 37 heavy (non-hydrogen) atoms. The van der Waals surface area contributed by atoms with Crippen LogP contribution in [0.25, 0.3) is 0 Å². The highest BCUT2D eigenvalue weighted by Gasteiger charge is 2.43. The van der Waals surface area contributed by atoms with Crippen molar-refractivity contribution in [3.05, 3.63) is 35.4 Å². The first-order valence-electron chi connectivity index (χ1n) is 13.7. The van der Waals surface area contributed by atoms with Gasteiger partial charge in [0.25, 0.3) is 0 Å². The molecule has 0 unspecified atom stereocenters. The largest absolute Gasteiger partial charge is 0.392 e. The molecule has 1 aromatic rings. The second-order valence-electron chi connectivity index (χ2n) is 10.8. The number of carbonyl (C=O) groups is 2. The second-order valence-corrected chi connectivity index (χ2v) is 10.8. The number of piperidine rings is 1. The molecule has 2 fully saturated rings. The third kappa shape index (κ3) is 7.48. The molecule has 3 rings (SSSR count).